The molecule has 3 heteroatoms. The Bertz CT molecular complexity index is 526. The number of fused-ring (bicyclic) bond motifs is 1. The number of ether oxygens (including phenoxy) is 1. The number of carbonyl (C=O) groups is 1. The molecule has 1 atom stereocenters. The summed E-state index contributed by atoms with van der Waals surface area (Å²) >= 11 is 0. The second kappa shape index (κ2) is 4.97. The van der Waals surface area contributed by atoms with Crippen LogP contribution < -0.4 is 0 Å². The van der Waals surface area contributed by atoms with E-state index in [1.807, 2.05) is 36.4 Å². The van der Waals surface area contributed by atoms with Crippen LogP contribution in [0, 0.1) is 0 Å². The maximum absolute atomic E-state index is 11.8. The van der Waals surface area contributed by atoms with Gasteiger partial charge in [0, 0.05) is 0 Å². The average molecular weight is 230 g/mol. The molecule has 0 saturated heterocycles. The lowest BCUT2D eigenvalue weighted by atomic mass is 10.1. The van der Waals surface area contributed by atoms with Gasteiger partial charge in [0.2, 0.25) is 0 Å². The van der Waals surface area contributed by atoms with E-state index in [0.717, 1.165) is 10.8 Å². The van der Waals surface area contributed by atoms with Crippen molar-refractivity contribution in [2.24, 2.45) is 0 Å². The average Bonchev–Trinajstić information content (AvgIpc) is 2.35. The molecule has 0 fully saturated rings. The molecular weight excluding hydrogens is 216 g/mol. The number of carbonyl (C=O) groups excluding carboxylic acids is 1. The Morgan fingerprint density at radius 3 is 2.71 bits per heavy atom. The minimum Gasteiger partial charge on any atom is -0.459 e. The van der Waals surface area contributed by atoms with Crippen LogP contribution in [0.1, 0.15) is 17.3 Å². The van der Waals surface area contributed by atoms with Crippen LogP contribution in [0.5, 0.6) is 0 Å². The van der Waals surface area contributed by atoms with E-state index < -0.39 is 12.1 Å². The molecule has 17 heavy (non-hydrogen) atoms. The molecule has 2 aromatic carbocycles. The van der Waals surface area contributed by atoms with Crippen molar-refractivity contribution in [1.82, 2.24) is 0 Å². The van der Waals surface area contributed by atoms with Crippen LogP contribution >= 0.6 is 0 Å². The molecule has 0 aliphatic carbocycles. The first-order valence-corrected chi connectivity index (χ1v) is 5.51. The summed E-state index contributed by atoms with van der Waals surface area (Å²) < 4.78 is 5.01. The molecule has 1 N–H and O–H groups in total. The zero-order valence-corrected chi connectivity index (χ0v) is 9.59. The van der Waals surface area contributed by atoms with Crippen molar-refractivity contribution in [3.05, 3.63) is 48.0 Å². The molecule has 0 heterocycles. The van der Waals surface area contributed by atoms with Gasteiger partial charge in [-0.2, -0.15) is 0 Å². The van der Waals surface area contributed by atoms with Gasteiger partial charge in [-0.3, -0.25) is 0 Å². The van der Waals surface area contributed by atoms with Crippen LogP contribution in [-0.2, 0) is 4.74 Å². The number of hydrogen-bond acceptors (Lipinski definition) is 3. The molecule has 1 unspecified atom stereocenters. The van der Waals surface area contributed by atoms with E-state index in [2.05, 4.69) is 0 Å². The molecule has 2 rings (SSSR count). The second-order valence-corrected chi connectivity index (χ2v) is 3.97. The number of rotatable bonds is 3. The number of esters is 1. The molecule has 0 amide bonds. The third-order valence-electron chi connectivity index (χ3n) is 2.47. The van der Waals surface area contributed by atoms with E-state index in [1.165, 1.54) is 0 Å². The van der Waals surface area contributed by atoms with Crippen molar-refractivity contribution in [2.45, 2.75) is 13.0 Å². The molecule has 88 valence electrons. The number of hydrogen-bond donors (Lipinski definition) is 1. The molecule has 0 aromatic heterocycles. The van der Waals surface area contributed by atoms with Crippen molar-refractivity contribution in [3.8, 4) is 0 Å². The molecule has 3 nitrogen and oxygen atoms in total. The van der Waals surface area contributed by atoms with Crippen LogP contribution in [-0.4, -0.2) is 23.8 Å². The van der Waals surface area contributed by atoms with Gasteiger partial charge in [0.1, 0.15) is 6.61 Å². The van der Waals surface area contributed by atoms with Gasteiger partial charge in [-0.15, -0.1) is 0 Å². The lowest BCUT2D eigenvalue weighted by molar-refractivity contribution is 0.0298. The summed E-state index contributed by atoms with van der Waals surface area (Å²) in [5.74, 6) is -0.400. The van der Waals surface area contributed by atoms with Gasteiger partial charge in [0.05, 0.1) is 11.7 Å². The van der Waals surface area contributed by atoms with Crippen LogP contribution in [0.2, 0.25) is 0 Å². The van der Waals surface area contributed by atoms with Gasteiger partial charge < -0.3 is 9.84 Å². The SMILES string of the molecule is CC(O)COC(=O)c1cccc2ccccc12. The minimum atomic E-state index is -0.645. The molecule has 0 aliphatic heterocycles. The predicted octanol–water partition coefficient (Wildman–Crippen LogP) is 2.38. The first-order chi connectivity index (χ1) is 8.18. The van der Waals surface area contributed by atoms with Crippen LogP contribution in [0.3, 0.4) is 0 Å². The second-order valence-electron chi connectivity index (χ2n) is 3.97. The Morgan fingerprint density at radius 2 is 1.94 bits per heavy atom. The monoisotopic (exact) mass is 230 g/mol. The molecule has 0 radical (unpaired) electrons. The Hall–Kier alpha value is -1.87. The first kappa shape index (κ1) is 11.6. The van der Waals surface area contributed by atoms with Crippen molar-refractivity contribution in [2.75, 3.05) is 6.61 Å². The van der Waals surface area contributed by atoms with Crippen LogP contribution in [0.25, 0.3) is 10.8 Å². The quantitative estimate of drug-likeness (QED) is 0.823. The summed E-state index contributed by atoms with van der Waals surface area (Å²) in [5, 5.41) is 10.9. The highest BCUT2D eigenvalue weighted by Crippen LogP contribution is 2.19. The van der Waals surface area contributed by atoms with Gasteiger partial charge in [-0.05, 0) is 23.8 Å². The number of aliphatic hydroxyl groups is 1. The van der Waals surface area contributed by atoms with Crippen LogP contribution in [0.15, 0.2) is 42.5 Å². The molecular formula is C14H14O3. The molecule has 0 spiro atoms. The third-order valence-corrected chi connectivity index (χ3v) is 2.47. The lowest BCUT2D eigenvalue weighted by Gasteiger charge is -2.08. The number of benzene rings is 2. The summed E-state index contributed by atoms with van der Waals surface area (Å²) in [6, 6.07) is 13.1. The zero-order chi connectivity index (χ0) is 12.3. The Morgan fingerprint density at radius 1 is 1.24 bits per heavy atom. The van der Waals surface area contributed by atoms with Crippen molar-refractivity contribution < 1.29 is 14.6 Å². The minimum absolute atomic E-state index is 0.0159. The first-order valence-electron chi connectivity index (χ1n) is 5.51. The summed E-state index contributed by atoms with van der Waals surface area (Å²) in [5.41, 5.74) is 0.531. The van der Waals surface area contributed by atoms with E-state index in [1.54, 1.807) is 13.0 Å². The molecule has 2 aromatic rings. The normalized spacial score (nSPS) is 12.4. The predicted molar refractivity (Wildman–Crippen MR) is 65.9 cm³/mol. The van der Waals surface area contributed by atoms with Gasteiger partial charge in [-0.25, -0.2) is 4.79 Å². The highest BCUT2D eigenvalue weighted by atomic mass is 16.5. The Labute approximate surface area is 99.6 Å². The summed E-state index contributed by atoms with van der Waals surface area (Å²) in [7, 11) is 0. The van der Waals surface area contributed by atoms with Gasteiger partial charge in [0.15, 0.2) is 0 Å². The van der Waals surface area contributed by atoms with Gasteiger partial charge >= 0.3 is 5.97 Å². The standard InChI is InChI=1S/C14H14O3/c1-10(15)9-17-14(16)13-8-4-6-11-5-2-3-7-12(11)13/h2-8,10,15H,9H2,1H3. The molecule has 0 bridgehead atoms. The number of aliphatic hydroxyl groups excluding tert-OH is 1. The largest absolute Gasteiger partial charge is 0.459 e. The van der Waals surface area contributed by atoms with Gasteiger partial charge in [-0.1, -0.05) is 36.4 Å². The molecule has 0 aliphatic rings. The Kier molecular flexibility index (Phi) is 3.40. The topological polar surface area (TPSA) is 46.5 Å². The van der Waals surface area contributed by atoms with E-state index in [0.29, 0.717) is 5.56 Å². The van der Waals surface area contributed by atoms with Crippen molar-refractivity contribution in [1.29, 1.82) is 0 Å². The summed E-state index contributed by atoms with van der Waals surface area (Å²) in [4.78, 5) is 11.8. The fourth-order valence-corrected chi connectivity index (χ4v) is 1.68. The fourth-order valence-electron chi connectivity index (χ4n) is 1.68. The maximum Gasteiger partial charge on any atom is 0.338 e. The zero-order valence-electron chi connectivity index (χ0n) is 9.59. The maximum atomic E-state index is 11.8. The van der Waals surface area contributed by atoms with E-state index in [9.17, 15) is 4.79 Å². The van der Waals surface area contributed by atoms with E-state index >= 15 is 0 Å². The highest BCUT2D eigenvalue weighted by molar-refractivity contribution is 6.04. The van der Waals surface area contributed by atoms with Crippen LogP contribution in [0.4, 0.5) is 0 Å². The highest BCUT2D eigenvalue weighted by Gasteiger charge is 2.11. The van der Waals surface area contributed by atoms with Crippen molar-refractivity contribution in [3.63, 3.8) is 0 Å². The molecule has 0 saturated carbocycles. The van der Waals surface area contributed by atoms with E-state index in [-0.39, 0.29) is 6.61 Å². The third kappa shape index (κ3) is 2.63. The fraction of sp³-hybridized carbons (Fsp3) is 0.214. The van der Waals surface area contributed by atoms with Crippen molar-refractivity contribution >= 4 is 16.7 Å². The Balaban J connectivity index is 2.32. The van der Waals surface area contributed by atoms with Gasteiger partial charge in [0.25, 0.3) is 0 Å². The lowest BCUT2D eigenvalue weighted by Crippen LogP contribution is -2.15. The summed E-state index contributed by atoms with van der Waals surface area (Å²) in [6.45, 7) is 1.60. The summed E-state index contributed by atoms with van der Waals surface area (Å²) in [6.07, 6.45) is -0.645. The smallest absolute Gasteiger partial charge is 0.338 e. The van der Waals surface area contributed by atoms with E-state index in [4.69, 9.17) is 9.84 Å².